The number of nitro groups is 1. The Morgan fingerprint density at radius 3 is 2.78 bits per heavy atom. The SMILES string of the molecule is COc1ccccc1Cc1nnc(NC(=O)c2ccc(C)c([N+](=O)[O-])c2)s1. The number of hydrogen-bond donors (Lipinski definition) is 1. The van der Waals surface area contributed by atoms with E-state index in [4.69, 9.17) is 4.74 Å². The number of nitrogens with zero attached hydrogens (tertiary/aromatic N) is 3. The number of rotatable bonds is 6. The van der Waals surface area contributed by atoms with Gasteiger partial charge in [0.2, 0.25) is 5.13 Å². The topological polar surface area (TPSA) is 107 Å². The highest BCUT2D eigenvalue weighted by atomic mass is 32.1. The fourth-order valence-corrected chi connectivity index (χ4v) is 3.26. The molecule has 0 unspecified atom stereocenters. The van der Waals surface area contributed by atoms with Crippen LogP contribution in [0.3, 0.4) is 0 Å². The van der Waals surface area contributed by atoms with Gasteiger partial charge in [-0.2, -0.15) is 0 Å². The quantitative estimate of drug-likeness (QED) is 0.514. The van der Waals surface area contributed by atoms with Crippen molar-refractivity contribution in [2.75, 3.05) is 12.4 Å². The normalized spacial score (nSPS) is 10.4. The van der Waals surface area contributed by atoms with Gasteiger partial charge in [0.25, 0.3) is 11.6 Å². The summed E-state index contributed by atoms with van der Waals surface area (Å²) >= 11 is 1.24. The summed E-state index contributed by atoms with van der Waals surface area (Å²) in [6, 6.07) is 11.9. The Morgan fingerprint density at radius 1 is 1.26 bits per heavy atom. The predicted molar refractivity (Wildman–Crippen MR) is 101 cm³/mol. The average molecular weight is 384 g/mol. The van der Waals surface area contributed by atoms with Crippen molar-refractivity contribution < 1.29 is 14.5 Å². The molecular formula is C18H16N4O4S. The lowest BCUT2D eigenvalue weighted by Gasteiger charge is -2.05. The number of hydrogen-bond acceptors (Lipinski definition) is 7. The highest BCUT2D eigenvalue weighted by Gasteiger charge is 2.16. The molecule has 0 aliphatic heterocycles. The molecule has 138 valence electrons. The lowest BCUT2D eigenvalue weighted by Crippen LogP contribution is -2.12. The average Bonchev–Trinajstić information content (AvgIpc) is 3.09. The van der Waals surface area contributed by atoms with E-state index in [1.165, 1.54) is 23.5 Å². The molecule has 27 heavy (non-hydrogen) atoms. The highest BCUT2D eigenvalue weighted by molar-refractivity contribution is 7.15. The van der Waals surface area contributed by atoms with Gasteiger partial charge >= 0.3 is 0 Å². The Bertz CT molecular complexity index is 1000. The van der Waals surface area contributed by atoms with Gasteiger partial charge in [-0.25, -0.2) is 0 Å². The molecule has 1 amide bonds. The molecule has 0 fully saturated rings. The standard InChI is InChI=1S/C18H16N4O4S/c1-11-7-8-13(9-14(11)22(24)25)17(23)19-18-21-20-16(27-18)10-12-5-3-4-6-15(12)26-2/h3-9H,10H2,1-2H3,(H,19,21,23). The van der Waals surface area contributed by atoms with Gasteiger partial charge in [0.15, 0.2) is 0 Å². The lowest BCUT2D eigenvalue weighted by molar-refractivity contribution is -0.385. The molecule has 0 aliphatic rings. The van der Waals surface area contributed by atoms with Crippen LogP contribution in [0.4, 0.5) is 10.8 Å². The second kappa shape index (κ2) is 7.92. The molecule has 0 atom stereocenters. The number of nitrogens with one attached hydrogen (secondary N) is 1. The van der Waals surface area contributed by atoms with Crippen LogP contribution in [0.2, 0.25) is 0 Å². The third-order valence-electron chi connectivity index (χ3n) is 3.89. The number of benzene rings is 2. The molecule has 1 heterocycles. The van der Waals surface area contributed by atoms with Crippen LogP contribution in [0.25, 0.3) is 0 Å². The van der Waals surface area contributed by atoms with Crippen molar-refractivity contribution in [3.63, 3.8) is 0 Å². The third-order valence-corrected chi connectivity index (χ3v) is 4.73. The zero-order chi connectivity index (χ0) is 19.4. The third kappa shape index (κ3) is 4.26. The van der Waals surface area contributed by atoms with Gasteiger partial charge in [-0.1, -0.05) is 35.6 Å². The molecule has 0 spiro atoms. The second-order valence-corrected chi connectivity index (χ2v) is 6.76. The monoisotopic (exact) mass is 384 g/mol. The fraction of sp³-hybridized carbons (Fsp3) is 0.167. The van der Waals surface area contributed by atoms with E-state index in [1.807, 2.05) is 24.3 Å². The maximum atomic E-state index is 12.4. The van der Waals surface area contributed by atoms with Crippen LogP contribution in [-0.2, 0) is 6.42 Å². The number of aromatic nitrogens is 2. The molecule has 3 aromatic rings. The Morgan fingerprint density at radius 2 is 2.04 bits per heavy atom. The summed E-state index contributed by atoms with van der Waals surface area (Å²) in [4.78, 5) is 22.9. The van der Waals surface area contributed by atoms with Crippen molar-refractivity contribution >= 4 is 28.1 Å². The molecule has 8 nitrogen and oxygen atoms in total. The first-order chi connectivity index (χ1) is 13.0. The summed E-state index contributed by atoms with van der Waals surface area (Å²) in [5.74, 6) is 0.281. The molecule has 1 N–H and O–H groups in total. The van der Waals surface area contributed by atoms with E-state index in [0.29, 0.717) is 22.1 Å². The summed E-state index contributed by atoms with van der Waals surface area (Å²) in [6.45, 7) is 1.62. The smallest absolute Gasteiger partial charge is 0.273 e. The number of anilines is 1. The largest absolute Gasteiger partial charge is 0.496 e. The molecule has 3 rings (SSSR count). The van der Waals surface area contributed by atoms with Crippen LogP contribution in [0.15, 0.2) is 42.5 Å². The minimum atomic E-state index is -0.511. The molecule has 2 aromatic carbocycles. The van der Waals surface area contributed by atoms with E-state index >= 15 is 0 Å². The number of carbonyl (C=O) groups excluding carboxylic acids is 1. The molecule has 0 aliphatic carbocycles. The van der Waals surface area contributed by atoms with Crippen LogP contribution in [0.1, 0.15) is 26.5 Å². The van der Waals surface area contributed by atoms with E-state index in [2.05, 4.69) is 15.5 Å². The van der Waals surface area contributed by atoms with Crippen LogP contribution in [0.5, 0.6) is 5.75 Å². The van der Waals surface area contributed by atoms with Crippen LogP contribution >= 0.6 is 11.3 Å². The summed E-state index contributed by atoms with van der Waals surface area (Å²) in [6.07, 6.45) is 0.521. The number of amides is 1. The van der Waals surface area contributed by atoms with Gasteiger partial charge in [0, 0.05) is 29.2 Å². The van der Waals surface area contributed by atoms with Crippen LogP contribution in [-0.4, -0.2) is 28.1 Å². The van der Waals surface area contributed by atoms with Crippen molar-refractivity contribution in [2.45, 2.75) is 13.3 Å². The first-order valence-electron chi connectivity index (χ1n) is 7.98. The van der Waals surface area contributed by atoms with Crippen molar-refractivity contribution in [3.05, 3.63) is 74.3 Å². The van der Waals surface area contributed by atoms with Crippen LogP contribution < -0.4 is 10.1 Å². The number of aryl methyl sites for hydroxylation is 1. The first-order valence-corrected chi connectivity index (χ1v) is 8.80. The number of carbonyl (C=O) groups is 1. The minimum absolute atomic E-state index is 0.100. The van der Waals surface area contributed by atoms with Gasteiger partial charge in [0.05, 0.1) is 12.0 Å². The van der Waals surface area contributed by atoms with Gasteiger partial charge in [-0.3, -0.25) is 20.2 Å². The Labute approximate surface area is 159 Å². The van der Waals surface area contributed by atoms with Gasteiger partial charge in [-0.15, -0.1) is 10.2 Å². The predicted octanol–water partition coefficient (Wildman–Crippen LogP) is 3.61. The molecule has 1 aromatic heterocycles. The summed E-state index contributed by atoms with van der Waals surface area (Å²) in [5, 5.41) is 22.8. The molecule has 0 saturated heterocycles. The van der Waals surface area contributed by atoms with Crippen molar-refractivity contribution in [1.29, 1.82) is 0 Å². The summed E-state index contributed by atoms with van der Waals surface area (Å²) in [7, 11) is 1.60. The zero-order valence-electron chi connectivity index (χ0n) is 14.6. The van der Waals surface area contributed by atoms with Gasteiger partial charge in [0.1, 0.15) is 10.8 Å². The minimum Gasteiger partial charge on any atom is -0.496 e. The Kier molecular flexibility index (Phi) is 5.41. The number of methoxy groups -OCH3 is 1. The van der Waals surface area contributed by atoms with Gasteiger partial charge < -0.3 is 4.74 Å². The van der Waals surface area contributed by atoms with Gasteiger partial charge in [-0.05, 0) is 19.1 Å². The van der Waals surface area contributed by atoms with E-state index in [0.717, 1.165) is 11.3 Å². The number of nitro benzene ring substituents is 1. The van der Waals surface area contributed by atoms with E-state index < -0.39 is 10.8 Å². The molecule has 0 saturated carbocycles. The summed E-state index contributed by atoms with van der Waals surface area (Å²) < 4.78 is 5.32. The lowest BCUT2D eigenvalue weighted by atomic mass is 10.1. The van der Waals surface area contributed by atoms with Crippen LogP contribution in [0, 0.1) is 17.0 Å². The maximum Gasteiger partial charge on any atom is 0.273 e. The van der Waals surface area contributed by atoms with Crippen molar-refractivity contribution in [3.8, 4) is 5.75 Å². The zero-order valence-corrected chi connectivity index (χ0v) is 15.4. The van der Waals surface area contributed by atoms with Crippen molar-refractivity contribution in [2.24, 2.45) is 0 Å². The summed E-state index contributed by atoms with van der Waals surface area (Å²) in [5.41, 5.74) is 1.54. The van der Waals surface area contributed by atoms with E-state index in [9.17, 15) is 14.9 Å². The first kappa shape index (κ1) is 18.5. The molecule has 0 radical (unpaired) electrons. The Hall–Kier alpha value is -3.33. The van der Waals surface area contributed by atoms with E-state index in [1.54, 1.807) is 20.1 Å². The Balaban J connectivity index is 1.73. The fourth-order valence-electron chi connectivity index (χ4n) is 2.50. The second-order valence-electron chi connectivity index (χ2n) is 5.70. The maximum absolute atomic E-state index is 12.4. The number of para-hydroxylation sites is 1. The molecule has 9 heteroatoms. The molecule has 0 bridgehead atoms. The van der Waals surface area contributed by atoms with E-state index in [-0.39, 0.29) is 11.3 Å². The van der Waals surface area contributed by atoms with Crippen molar-refractivity contribution in [1.82, 2.24) is 10.2 Å². The molecular weight excluding hydrogens is 368 g/mol. The highest BCUT2D eigenvalue weighted by Crippen LogP contribution is 2.25. The number of ether oxygens (including phenoxy) is 1.